The standard InChI is InChI=1S/C17H17N5OS/c1-17(2)6-13-12(14(23)7-17)8-18-16(21-13)24-9-11-3-4-22-15(5-11)19-10-20-22/h3-5,8,10H,6-7,9H2,1-2H3. The molecule has 24 heavy (non-hydrogen) atoms. The summed E-state index contributed by atoms with van der Waals surface area (Å²) in [5.74, 6) is 0.898. The lowest BCUT2D eigenvalue weighted by molar-refractivity contribution is 0.0909. The van der Waals surface area contributed by atoms with Crippen LogP contribution in [0.15, 0.2) is 36.0 Å². The minimum atomic E-state index is -0.0287. The third-order valence-corrected chi connectivity index (χ3v) is 5.08. The maximum absolute atomic E-state index is 12.2. The molecule has 0 saturated carbocycles. The van der Waals surface area contributed by atoms with Crippen LogP contribution in [0.2, 0.25) is 0 Å². The van der Waals surface area contributed by atoms with Crippen LogP contribution >= 0.6 is 11.8 Å². The van der Waals surface area contributed by atoms with Crippen molar-refractivity contribution < 1.29 is 4.79 Å². The Bertz CT molecular complexity index is 934. The number of pyridine rings is 1. The second kappa shape index (κ2) is 5.66. The smallest absolute Gasteiger partial charge is 0.188 e. The Morgan fingerprint density at radius 1 is 1.29 bits per heavy atom. The lowest BCUT2D eigenvalue weighted by Crippen LogP contribution is -2.28. The summed E-state index contributed by atoms with van der Waals surface area (Å²) in [4.78, 5) is 25.4. The molecular formula is C17H17N5OS. The molecule has 0 saturated heterocycles. The summed E-state index contributed by atoms with van der Waals surface area (Å²) in [6.07, 6.45) is 6.50. The maximum Gasteiger partial charge on any atom is 0.188 e. The fraction of sp³-hybridized carbons (Fsp3) is 0.353. The highest BCUT2D eigenvalue weighted by atomic mass is 32.2. The van der Waals surface area contributed by atoms with Gasteiger partial charge in [0, 0.05) is 24.6 Å². The van der Waals surface area contributed by atoms with Gasteiger partial charge in [0.1, 0.15) is 6.33 Å². The third kappa shape index (κ3) is 2.91. The quantitative estimate of drug-likeness (QED) is 0.539. The van der Waals surface area contributed by atoms with Crippen molar-refractivity contribution in [1.82, 2.24) is 24.6 Å². The average Bonchev–Trinajstić information content (AvgIpc) is 2.99. The van der Waals surface area contributed by atoms with Gasteiger partial charge < -0.3 is 0 Å². The van der Waals surface area contributed by atoms with Crippen LogP contribution in [-0.4, -0.2) is 30.3 Å². The fourth-order valence-electron chi connectivity index (χ4n) is 2.98. The molecule has 4 rings (SSSR count). The summed E-state index contributed by atoms with van der Waals surface area (Å²) in [5, 5.41) is 4.80. The molecule has 3 heterocycles. The molecule has 6 nitrogen and oxygen atoms in total. The minimum absolute atomic E-state index is 0.0287. The van der Waals surface area contributed by atoms with Gasteiger partial charge in [-0.3, -0.25) is 4.79 Å². The molecule has 0 aromatic carbocycles. The van der Waals surface area contributed by atoms with Gasteiger partial charge in [-0.1, -0.05) is 25.6 Å². The molecule has 7 heteroatoms. The summed E-state index contributed by atoms with van der Waals surface area (Å²) >= 11 is 1.57. The molecule has 1 aliphatic rings. The van der Waals surface area contributed by atoms with Gasteiger partial charge in [-0.05, 0) is 29.5 Å². The number of aromatic nitrogens is 5. The van der Waals surface area contributed by atoms with Crippen LogP contribution in [0, 0.1) is 5.41 Å². The van der Waals surface area contributed by atoms with E-state index < -0.39 is 0 Å². The predicted octanol–water partition coefficient (Wildman–Crippen LogP) is 2.97. The number of hydrogen-bond acceptors (Lipinski definition) is 6. The molecule has 1 aliphatic carbocycles. The largest absolute Gasteiger partial charge is 0.294 e. The van der Waals surface area contributed by atoms with E-state index in [0.29, 0.717) is 17.1 Å². The SMILES string of the molecule is CC1(C)CC(=O)c2cnc(SCc3ccn4ncnc4c3)nc2C1. The van der Waals surface area contributed by atoms with Crippen LogP contribution in [0.1, 0.15) is 41.9 Å². The topological polar surface area (TPSA) is 73.0 Å². The maximum atomic E-state index is 12.2. The number of carbonyl (C=O) groups is 1. The van der Waals surface area contributed by atoms with Gasteiger partial charge in [0.2, 0.25) is 0 Å². The van der Waals surface area contributed by atoms with Gasteiger partial charge >= 0.3 is 0 Å². The first-order valence-electron chi connectivity index (χ1n) is 7.80. The van der Waals surface area contributed by atoms with Crippen LogP contribution in [0.25, 0.3) is 5.65 Å². The highest BCUT2D eigenvalue weighted by Gasteiger charge is 2.32. The third-order valence-electron chi connectivity index (χ3n) is 4.14. The second-order valence-corrected chi connectivity index (χ2v) is 7.78. The van der Waals surface area contributed by atoms with E-state index in [9.17, 15) is 4.79 Å². The van der Waals surface area contributed by atoms with Gasteiger partial charge in [-0.2, -0.15) is 5.10 Å². The van der Waals surface area contributed by atoms with Gasteiger partial charge in [-0.15, -0.1) is 0 Å². The van der Waals surface area contributed by atoms with Gasteiger partial charge in [0.05, 0.1) is 11.3 Å². The number of rotatable bonds is 3. The molecule has 0 atom stereocenters. The first kappa shape index (κ1) is 15.3. The second-order valence-electron chi connectivity index (χ2n) is 6.84. The van der Waals surface area contributed by atoms with Crippen molar-refractivity contribution in [2.75, 3.05) is 0 Å². The molecule has 3 aromatic rings. The Hall–Kier alpha value is -2.28. The van der Waals surface area contributed by atoms with Gasteiger partial charge in [0.25, 0.3) is 0 Å². The molecule has 0 bridgehead atoms. The van der Waals surface area contributed by atoms with E-state index in [4.69, 9.17) is 0 Å². The Balaban J connectivity index is 1.54. The lowest BCUT2D eigenvalue weighted by atomic mass is 9.76. The van der Waals surface area contributed by atoms with Gasteiger partial charge in [-0.25, -0.2) is 19.5 Å². The summed E-state index contributed by atoms with van der Waals surface area (Å²) in [5.41, 5.74) is 3.49. The van der Waals surface area contributed by atoms with Crippen molar-refractivity contribution in [3.63, 3.8) is 0 Å². The molecule has 0 radical (unpaired) electrons. The van der Waals surface area contributed by atoms with E-state index in [0.717, 1.165) is 29.1 Å². The predicted molar refractivity (Wildman–Crippen MR) is 91.0 cm³/mol. The highest BCUT2D eigenvalue weighted by molar-refractivity contribution is 7.98. The highest BCUT2D eigenvalue weighted by Crippen LogP contribution is 2.34. The number of ketones is 1. The Kier molecular flexibility index (Phi) is 3.60. The summed E-state index contributed by atoms with van der Waals surface area (Å²) in [6, 6.07) is 4.02. The normalized spacial score (nSPS) is 16.3. The summed E-state index contributed by atoms with van der Waals surface area (Å²) < 4.78 is 1.73. The minimum Gasteiger partial charge on any atom is -0.294 e. The van der Waals surface area contributed by atoms with E-state index in [1.165, 1.54) is 6.33 Å². The zero-order valence-corrected chi connectivity index (χ0v) is 14.4. The van der Waals surface area contributed by atoms with Crippen LogP contribution < -0.4 is 0 Å². The molecule has 3 aromatic heterocycles. The van der Waals surface area contributed by atoms with Crippen LogP contribution in [-0.2, 0) is 12.2 Å². The monoisotopic (exact) mass is 339 g/mol. The zero-order chi connectivity index (χ0) is 16.7. The number of nitrogens with zero attached hydrogens (tertiary/aromatic N) is 5. The Morgan fingerprint density at radius 3 is 3.04 bits per heavy atom. The van der Waals surface area contributed by atoms with E-state index in [-0.39, 0.29) is 11.2 Å². The first-order valence-corrected chi connectivity index (χ1v) is 8.79. The molecule has 0 aliphatic heterocycles. The number of thioether (sulfide) groups is 1. The van der Waals surface area contributed by atoms with Crippen molar-refractivity contribution in [2.45, 2.75) is 37.6 Å². The molecule has 0 unspecified atom stereocenters. The Labute approximate surface area is 143 Å². The van der Waals surface area contributed by atoms with Crippen molar-refractivity contribution in [3.8, 4) is 0 Å². The first-order chi connectivity index (χ1) is 11.5. The van der Waals surface area contributed by atoms with Gasteiger partial charge in [0.15, 0.2) is 16.6 Å². The lowest BCUT2D eigenvalue weighted by Gasteiger charge is -2.29. The van der Waals surface area contributed by atoms with Crippen LogP contribution in [0.5, 0.6) is 0 Å². The van der Waals surface area contributed by atoms with Crippen molar-refractivity contribution in [3.05, 3.63) is 47.7 Å². The molecule has 122 valence electrons. The van der Waals surface area contributed by atoms with E-state index in [1.54, 1.807) is 22.5 Å². The van der Waals surface area contributed by atoms with Crippen molar-refractivity contribution >= 4 is 23.2 Å². The molecular weight excluding hydrogens is 322 g/mol. The number of Topliss-reactive ketones (excluding diaryl/α,β-unsaturated/α-hetero) is 1. The molecule has 0 amide bonds. The fourth-order valence-corrected chi connectivity index (χ4v) is 3.75. The van der Waals surface area contributed by atoms with E-state index in [1.807, 2.05) is 18.3 Å². The van der Waals surface area contributed by atoms with E-state index in [2.05, 4.69) is 33.9 Å². The molecule has 0 spiro atoms. The average molecular weight is 339 g/mol. The van der Waals surface area contributed by atoms with Crippen molar-refractivity contribution in [1.29, 1.82) is 0 Å². The number of carbonyl (C=O) groups excluding carboxylic acids is 1. The zero-order valence-electron chi connectivity index (χ0n) is 13.6. The van der Waals surface area contributed by atoms with E-state index >= 15 is 0 Å². The number of hydrogen-bond donors (Lipinski definition) is 0. The van der Waals surface area contributed by atoms with Crippen LogP contribution in [0.4, 0.5) is 0 Å². The Morgan fingerprint density at radius 2 is 2.17 bits per heavy atom. The summed E-state index contributed by atoms with van der Waals surface area (Å²) in [7, 11) is 0. The number of fused-ring (bicyclic) bond motifs is 2. The molecule has 0 N–H and O–H groups in total. The van der Waals surface area contributed by atoms with Crippen LogP contribution in [0.3, 0.4) is 0 Å². The summed E-state index contributed by atoms with van der Waals surface area (Å²) in [6.45, 7) is 4.22. The molecule has 0 fully saturated rings. The van der Waals surface area contributed by atoms with Crippen molar-refractivity contribution in [2.24, 2.45) is 5.41 Å².